The summed E-state index contributed by atoms with van der Waals surface area (Å²) in [6.07, 6.45) is 0.913. The van der Waals surface area contributed by atoms with Gasteiger partial charge in [0, 0.05) is 23.5 Å². The molecule has 3 nitrogen and oxygen atoms in total. The molecule has 0 aliphatic carbocycles. The van der Waals surface area contributed by atoms with Crippen LogP contribution in [0.1, 0.15) is 5.56 Å². The standard InChI is InChI=1S/C15H12N2O/c18-14-7-3-6-13-15-11(8-9-17(13)14)10-4-1-2-5-12(10)16-15/h1-7,16H,8-9H2. The van der Waals surface area contributed by atoms with Crippen molar-refractivity contribution >= 4 is 10.9 Å². The van der Waals surface area contributed by atoms with Gasteiger partial charge in [-0.25, -0.2) is 0 Å². The zero-order chi connectivity index (χ0) is 12.1. The molecule has 1 aliphatic rings. The van der Waals surface area contributed by atoms with Crippen LogP contribution in [0.25, 0.3) is 22.3 Å². The first-order chi connectivity index (χ1) is 8.84. The number of para-hydroxylation sites is 1. The summed E-state index contributed by atoms with van der Waals surface area (Å²) in [5.74, 6) is 0. The minimum atomic E-state index is 0.0804. The lowest BCUT2D eigenvalue weighted by molar-refractivity contribution is 0.660. The molecule has 0 bridgehead atoms. The van der Waals surface area contributed by atoms with E-state index in [1.54, 1.807) is 6.07 Å². The van der Waals surface area contributed by atoms with Crippen molar-refractivity contribution in [1.29, 1.82) is 0 Å². The quantitative estimate of drug-likeness (QED) is 0.640. The Balaban J connectivity index is 2.13. The molecule has 3 aromatic rings. The molecule has 0 unspecified atom stereocenters. The zero-order valence-corrected chi connectivity index (χ0v) is 9.81. The molecule has 0 atom stereocenters. The van der Waals surface area contributed by atoms with Gasteiger partial charge in [0.25, 0.3) is 5.56 Å². The van der Waals surface area contributed by atoms with E-state index < -0.39 is 0 Å². The Hall–Kier alpha value is -2.29. The molecule has 0 amide bonds. The fourth-order valence-corrected chi connectivity index (χ4v) is 2.87. The molecule has 1 aromatic carbocycles. The highest BCUT2D eigenvalue weighted by atomic mass is 16.1. The van der Waals surface area contributed by atoms with Crippen molar-refractivity contribution in [2.75, 3.05) is 0 Å². The number of H-pyrrole nitrogens is 1. The number of aromatic amines is 1. The van der Waals surface area contributed by atoms with Crippen LogP contribution in [-0.2, 0) is 13.0 Å². The van der Waals surface area contributed by atoms with E-state index in [2.05, 4.69) is 23.2 Å². The number of aromatic nitrogens is 2. The first kappa shape index (κ1) is 9.71. The van der Waals surface area contributed by atoms with Crippen LogP contribution in [0.15, 0.2) is 47.3 Å². The summed E-state index contributed by atoms with van der Waals surface area (Å²) in [6, 6.07) is 13.8. The van der Waals surface area contributed by atoms with E-state index >= 15 is 0 Å². The Morgan fingerprint density at radius 3 is 2.89 bits per heavy atom. The predicted octanol–water partition coefficient (Wildman–Crippen LogP) is 2.55. The highest BCUT2D eigenvalue weighted by Gasteiger charge is 2.20. The van der Waals surface area contributed by atoms with Crippen LogP contribution in [0, 0.1) is 0 Å². The molecule has 88 valence electrons. The van der Waals surface area contributed by atoms with Gasteiger partial charge in [-0.3, -0.25) is 4.79 Å². The third-order valence-electron chi connectivity index (χ3n) is 3.70. The molecule has 0 saturated carbocycles. The van der Waals surface area contributed by atoms with Gasteiger partial charge in [0.2, 0.25) is 0 Å². The number of pyridine rings is 1. The van der Waals surface area contributed by atoms with Crippen molar-refractivity contribution < 1.29 is 0 Å². The van der Waals surface area contributed by atoms with Crippen molar-refractivity contribution in [3.8, 4) is 11.4 Å². The summed E-state index contributed by atoms with van der Waals surface area (Å²) < 4.78 is 1.84. The number of nitrogens with zero attached hydrogens (tertiary/aromatic N) is 1. The Morgan fingerprint density at radius 1 is 1.06 bits per heavy atom. The van der Waals surface area contributed by atoms with E-state index in [0.29, 0.717) is 0 Å². The molecule has 0 saturated heterocycles. The van der Waals surface area contributed by atoms with Crippen LogP contribution in [0.5, 0.6) is 0 Å². The van der Waals surface area contributed by atoms with Gasteiger partial charge in [-0.15, -0.1) is 0 Å². The van der Waals surface area contributed by atoms with Crippen LogP contribution in [0.2, 0.25) is 0 Å². The van der Waals surface area contributed by atoms with Crippen LogP contribution in [0.3, 0.4) is 0 Å². The number of hydrogen-bond acceptors (Lipinski definition) is 1. The van der Waals surface area contributed by atoms with Crippen molar-refractivity contribution in [3.63, 3.8) is 0 Å². The SMILES string of the molecule is O=c1cccc2n1CCc1c-2[nH]c2ccccc12. The second-order valence-corrected chi connectivity index (χ2v) is 4.68. The molecule has 1 aliphatic heterocycles. The van der Waals surface area contributed by atoms with Gasteiger partial charge in [-0.05, 0) is 24.1 Å². The van der Waals surface area contributed by atoms with E-state index in [9.17, 15) is 4.79 Å². The van der Waals surface area contributed by atoms with Crippen molar-refractivity contribution in [1.82, 2.24) is 9.55 Å². The minimum absolute atomic E-state index is 0.0804. The number of benzene rings is 1. The highest BCUT2D eigenvalue weighted by molar-refractivity contribution is 5.90. The van der Waals surface area contributed by atoms with Gasteiger partial charge in [-0.2, -0.15) is 0 Å². The molecule has 4 rings (SSSR count). The third kappa shape index (κ3) is 1.16. The maximum Gasteiger partial charge on any atom is 0.251 e. The van der Waals surface area contributed by atoms with Crippen molar-refractivity contribution in [2.45, 2.75) is 13.0 Å². The summed E-state index contributed by atoms with van der Waals surface area (Å²) in [6.45, 7) is 0.768. The zero-order valence-electron chi connectivity index (χ0n) is 9.81. The van der Waals surface area contributed by atoms with E-state index in [1.165, 1.54) is 10.9 Å². The van der Waals surface area contributed by atoms with E-state index in [4.69, 9.17) is 0 Å². The molecule has 2 aromatic heterocycles. The summed E-state index contributed by atoms with van der Waals surface area (Å²) in [7, 11) is 0. The molecular formula is C15H12N2O. The highest BCUT2D eigenvalue weighted by Crippen LogP contribution is 2.33. The summed E-state index contributed by atoms with van der Waals surface area (Å²) >= 11 is 0. The van der Waals surface area contributed by atoms with Crippen molar-refractivity contribution in [3.05, 3.63) is 58.4 Å². The second-order valence-electron chi connectivity index (χ2n) is 4.68. The van der Waals surface area contributed by atoms with E-state index in [0.717, 1.165) is 29.9 Å². The summed E-state index contributed by atoms with van der Waals surface area (Å²) in [5.41, 5.74) is 4.65. The normalized spacial score (nSPS) is 13.3. The minimum Gasteiger partial charge on any atom is -0.353 e. The monoisotopic (exact) mass is 236 g/mol. The van der Waals surface area contributed by atoms with Gasteiger partial charge in [-0.1, -0.05) is 24.3 Å². The van der Waals surface area contributed by atoms with Gasteiger partial charge in [0.1, 0.15) is 0 Å². The number of hydrogen-bond donors (Lipinski definition) is 1. The fraction of sp³-hybridized carbons (Fsp3) is 0.133. The number of aryl methyl sites for hydroxylation is 1. The first-order valence-electron chi connectivity index (χ1n) is 6.14. The van der Waals surface area contributed by atoms with E-state index in [-0.39, 0.29) is 5.56 Å². The smallest absolute Gasteiger partial charge is 0.251 e. The summed E-state index contributed by atoms with van der Waals surface area (Å²) in [4.78, 5) is 15.3. The van der Waals surface area contributed by atoms with Crippen LogP contribution < -0.4 is 5.56 Å². The largest absolute Gasteiger partial charge is 0.353 e. The number of fused-ring (bicyclic) bond motifs is 5. The maximum absolute atomic E-state index is 11.8. The Kier molecular flexibility index (Phi) is 1.81. The fourth-order valence-electron chi connectivity index (χ4n) is 2.87. The van der Waals surface area contributed by atoms with E-state index in [1.807, 2.05) is 22.8 Å². The average molecular weight is 236 g/mol. The Labute approximate surface area is 104 Å². The lowest BCUT2D eigenvalue weighted by Crippen LogP contribution is -2.24. The lowest BCUT2D eigenvalue weighted by Gasteiger charge is -2.18. The molecular weight excluding hydrogens is 224 g/mol. The van der Waals surface area contributed by atoms with Crippen LogP contribution in [0.4, 0.5) is 0 Å². The molecule has 0 fully saturated rings. The van der Waals surface area contributed by atoms with Crippen LogP contribution >= 0.6 is 0 Å². The number of nitrogens with one attached hydrogen (secondary N) is 1. The molecule has 18 heavy (non-hydrogen) atoms. The molecule has 3 heteroatoms. The summed E-state index contributed by atoms with van der Waals surface area (Å²) in [5, 5.41) is 1.27. The van der Waals surface area contributed by atoms with Gasteiger partial charge in [0.15, 0.2) is 0 Å². The predicted molar refractivity (Wildman–Crippen MR) is 71.7 cm³/mol. The molecule has 0 spiro atoms. The number of rotatable bonds is 0. The molecule has 0 radical (unpaired) electrons. The van der Waals surface area contributed by atoms with Gasteiger partial charge < -0.3 is 9.55 Å². The lowest BCUT2D eigenvalue weighted by atomic mass is 10.0. The maximum atomic E-state index is 11.8. The topological polar surface area (TPSA) is 37.8 Å². The van der Waals surface area contributed by atoms with Gasteiger partial charge in [0.05, 0.1) is 11.4 Å². The third-order valence-corrected chi connectivity index (χ3v) is 3.70. The Bertz CT molecular complexity index is 811. The Morgan fingerprint density at radius 2 is 1.94 bits per heavy atom. The first-order valence-corrected chi connectivity index (χ1v) is 6.14. The molecule has 3 heterocycles. The van der Waals surface area contributed by atoms with Crippen LogP contribution in [-0.4, -0.2) is 9.55 Å². The molecule has 1 N–H and O–H groups in total. The second kappa shape index (κ2) is 3.35. The van der Waals surface area contributed by atoms with Crippen molar-refractivity contribution in [2.24, 2.45) is 0 Å². The average Bonchev–Trinajstić information content (AvgIpc) is 2.78. The van der Waals surface area contributed by atoms with Gasteiger partial charge >= 0.3 is 0 Å².